The summed E-state index contributed by atoms with van der Waals surface area (Å²) in [5.74, 6) is -0.0965. The number of nitrogens with one attached hydrogen (secondary N) is 1. The van der Waals surface area contributed by atoms with Gasteiger partial charge in [0.2, 0.25) is 0 Å². The lowest BCUT2D eigenvalue weighted by atomic mass is 10.1. The van der Waals surface area contributed by atoms with Crippen LogP contribution in [0.25, 0.3) is 0 Å². The molecule has 1 aliphatic rings. The Morgan fingerprint density at radius 1 is 1.38 bits per heavy atom. The summed E-state index contributed by atoms with van der Waals surface area (Å²) in [6, 6.07) is 8.04. The molecule has 3 rings (SSSR count). The topological polar surface area (TPSA) is 54.5 Å². The fourth-order valence-corrected chi connectivity index (χ4v) is 3.82. The normalized spacial score (nSPS) is 21.6. The summed E-state index contributed by atoms with van der Waals surface area (Å²) in [4.78, 5) is 19.5. The molecule has 0 aliphatic carbocycles. The minimum absolute atomic E-state index is 0.0965. The van der Waals surface area contributed by atoms with Gasteiger partial charge in [0.1, 0.15) is 4.88 Å². The lowest BCUT2D eigenvalue weighted by Crippen LogP contribution is -2.44. The number of thiazole rings is 1. The van der Waals surface area contributed by atoms with Gasteiger partial charge >= 0.3 is 0 Å². The number of ether oxygens (including phenoxy) is 1. The maximum atomic E-state index is 12.3. The predicted octanol–water partition coefficient (Wildman–Crippen LogP) is 3.31. The van der Waals surface area contributed by atoms with Crippen LogP contribution in [0.3, 0.4) is 0 Å². The zero-order valence-electron chi connectivity index (χ0n) is 14.3. The van der Waals surface area contributed by atoms with Crippen LogP contribution in [0, 0.1) is 6.92 Å². The molecule has 0 spiro atoms. The van der Waals surface area contributed by atoms with Crippen molar-refractivity contribution in [2.45, 2.75) is 39.5 Å². The van der Waals surface area contributed by atoms with Gasteiger partial charge in [-0.2, -0.15) is 0 Å². The van der Waals surface area contributed by atoms with Crippen LogP contribution in [-0.2, 0) is 11.3 Å². The van der Waals surface area contributed by atoms with E-state index in [4.69, 9.17) is 4.74 Å². The number of morpholine rings is 1. The van der Waals surface area contributed by atoms with Crippen LogP contribution >= 0.6 is 11.3 Å². The number of hydrogen-bond acceptors (Lipinski definition) is 5. The molecule has 128 valence electrons. The van der Waals surface area contributed by atoms with Crippen LogP contribution in [0.2, 0.25) is 0 Å². The minimum Gasteiger partial charge on any atom is -0.373 e. The predicted molar refractivity (Wildman–Crippen MR) is 96.5 cm³/mol. The Balaban J connectivity index is 1.66. The molecular weight excluding hydrogens is 322 g/mol. The number of aryl methyl sites for hydroxylation is 1. The third-order valence-electron chi connectivity index (χ3n) is 4.04. The van der Waals surface area contributed by atoms with Gasteiger partial charge in [-0.25, -0.2) is 4.98 Å². The third kappa shape index (κ3) is 4.20. The number of rotatable bonds is 4. The maximum Gasteiger partial charge on any atom is 0.267 e. The zero-order chi connectivity index (χ0) is 17.1. The second-order valence-corrected chi connectivity index (χ2v) is 7.23. The van der Waals surface area contributed by atoms with Gasteiger partial charge < -0.3 is 10.1 Å². The van der Waals surface area contributed by atoms with Crippen molar-refractivity contribution < 1.29 is 9.53 Å². The van der Waals surface area contributed by atoms with Crippen LogP contribution in [0.5, 0.6) is 0 Å². The second kappa shape index (κ2) is 7.42. The van der Waals surface area contributed by atoms with Gasteiger partial charge in [0.15, 0.2) is 0 Å². The highest BCUT2D eigenvalue weighted by atomic mass is 32.1. The van der Waals surface area contributed by atoms with Crippen molar-refractivity contribution in [2.75, 3.05) is 18.4 Å². The van der Waals surface area contributed by atoms with Crippen LogP contribution in [-0.4, -0.2) is 41.1 Å². The monoisotopic (exact) mass is 345 g/mol. The first-order valence-corrected chi connectivity index (χ1v) is 9.07. The lowest BCUT2D eigenvalue weighted by Gasteiger charge is -2.35. The molecule has 1 aromatic heterocycles. The molecule has 0 saturated carbocycles. The van der Waals surface area contributed by atoms with Gasteiger partial charge in [-0.3, -0.25) is 9.69 Å². The highest BCUT2D eigenvalue weighted by molar-refractivity contribution is 7.12. The highest BCUT2D eigenvalue weighted by Crippen LogP contribution is 2.19. The molecule has 1 saturated heterocycles. The van der Waals surface area contributed by atoms with E-state index in [1.165, 1.54) is 16.9 Å². The molecule has 1 N–H and O–H groups in total. The second-order valence-electron chi connectivity index (χ2n) is 6.37. The summed E-state index contributed by atoms with van der Waals surface area (Å²) < 4.78 is 5.78. The third-order valence-corrected chi connectivity index (χ3v) is 4.97. The number of carbonyl (C=O) groups excluding carboxylic acids is 1. The van der Waals surface area contributed by atoms with Gasteiger partial charge in [0.25, 0.3) is 5.91 Å². The molecular formula is C18H23N3O2S. The molecule has 2 aromatic rings. The quantitative estimate of drug-likeness (QED) is 0.924. The molecule has 0 bridgehead atoms. The smallest absolute Gasteiger partial charge is 0.267 e. The minimum atomic E-state index is -0.0965. The molecule has 1 amide bonds. The van der Waals surface area contributed by atoms with Gasteiger partial charge in [-0.1, -0.05) is 12.1 Å². The average Bonchev–Trinajstić information content (AvgIpc) is 2.92. The van der Waals surface area contributed by atoms with Crippen molar-refractivity contribution in [1.29, 1.82) is 0 Å². The number of nitrogens with zero attached hydrogens (tertiary/aromatic N) is 2. The van der Waals surface area contributed by atoms with E-state index in [9.17, 15) is 4.79 Å². The Morgan fingerprint density at radius 3 is 2.79 bits per heavy atom. The fraction of sp³-hybridized carbons (Fsp3) is 0.444. The van der Waals surface area contributed by atoms with E-state index >= 15 is 0 Å². The van der Waals surface area contributed by atoms with E-state index in [1.807, 2.05) is 25.1 Å². The van der Waals surface area contributed by atoms with Crippen molar-refractivity contribution >= 4 is 22.9 Å². The van der Waals surface area contributed by atoms with Gasteiger partial charge in [-0.15, -0.1) is 11.3 Å². The SMILES string of the molecule is Cc1ncsc1C(=O)Nc1cccc(CN2CC(C)OC(C)C2)c1. The van der Waals surface area contributed by atoms with E-state index in [0.29, 0.717) is 4.88 Å². The summed E-state index contributed by atoms with van der Waals surface area (Å²) in [6.07, 6.45) is 0.511. The highest BCUT2D eigenvalue weighted by Gasteiger charge is 2.22. The number of hydrogen-bond donors (Lipinski definition) is 1. The Kier molecular flexibility index (Phi) is 5.28. The van der Waals surface area contributed by atoms with E-state index in [1.54, 1.807) is 5.51 Å². The molecule has 0 radical (unpaired) electrons. The van der Waals surface area contributed by atoms with Crippen LogP contribution in [0.15, 0.2) is 29.8 Å². The van der Waals surface area contributed by atoms with E-state index in [-0.39, 0.29) is 18.1 Å². The summed E-state index contributed by atoms with van der Waals surface area (Å²) in [6.45, 7) is 8.79. The largest absolute Gasteiger partial charge is 0.373 e. The Hall–Kier alpha value is -1.76. The summed E-state index contributed by atoms with van der Waals surface area (Å²) >= 11 is 1.36. The molecule has 2 heterocycles. The average molecular weight is 345 g/mol. The molecule has 5 nitrogen and oxygen atoms in total. The molecule has 1 fully saturated rings. The first kappa shape index (κ1) is 17.1. The van der Waals surface area contributed by atoms with Crippen molar-refractivity contribution in [3.8, 4) is 0 Å². The van der Waals surface area contributed by atoms with Crippen molar-refractivity contribution in [2.24, 2.45) is 0 Å². The molecule has 6 heteroatoms. The van der Waals surface area contributed by atoms with Gasteiger partial charge in [-0.05, 0) is 38.5 Å². The molecule has 2 unspecified atom stereocenters. The molecule has 24 heavy (non-hydrogen) atoms. The Morgan fingerprint density at radius 2 is 2.12 bits per heavy atom. The van der Waals surface area contributed by atoms with Crippen molar-refractivity contribution in [3.63, 3.8) is 0 Å². The molecule has 1 aliphatic heterocycles. The number of aromatic nitrogens is 1. The van der Waals surface area contributed by atoms with Gasteiger partial charge in [0.05, 0.1) is 23.4 Å². The Bertz CT molecular complexity index is 706. The van der Waals surface area contributed by atoms with E-state index in [0.717, 1.165) is 31.0 Å². The van der Waals surface area contributed by atoms with Crippen LogP contribution in [0.4, 0.5) is 5.69 Å². The van der Waals surface area contributed by atoms with Crippen molar-refractivity contribution in [1.82, 2.24) is 9.88 Å². The van der Waals surface area contributed by atoms with E-state index in [2.05, 4.69) is 35.1 Å². The number of anilines is 1. The fourth-order valence-electron chi connectivity index (χ4n) is 3.13. The van der Waals surface area contributed by atoms with Crippen molar-refractivity contribution in [3.05, 3.63) is 45.9 Å². The van der Waals surface area contributed by atoms with Crippen LogP contribution < -0.4 is 5.32 Å². The van der Waals surface area contributed by atoms with E-state index < -0.39 is 0 Å². The molecule has 2 atom stereocenters. The van der Waals surface area contributed by atoms with Gasteiger partial charge in [0, 0.05) is 25.3 Å². The standard InChI is InChI=1S/C18H23N3O2S/c1-12-8-21(9-13(2)23-12)10-15-5-4-6-16(7-15)20-18(22)17-14(3)19-11-24-17/h4-7,11-13H,8-10H2,1-3H3,(H,20,22). The number of carbonyl (C=O) groups is 1. The number of benzene rings is 1. The maximum absolute atomic E-state index is 12.3. The zero-order valence-corrected chi connectivity index (χ0v) is 15.1. The lowest BCUT2D eigenvalue weighted by molar-refractivity contribution is -0.0704. The first-order valence-electron chi connectivity index (χ1n) is 8.19. The summed E-state index contributed by atoms with van der Waals surface area (Å²) in [5.41, 5.74) is 4.47. The summed E-state index contributed by atoms with van der Waals surface area (Å²) in [5, 5.41) is 2.97. The van der Waals surface area contributed by atoms with Crippen LogP contribution in [0.1, 0.15) is 34.8 Å². The summed E-state index contributed by atoms with van der Waals surface area (Å²) in [7, 11) is 0. The molecule has 1 aromatic carbocycles. The Labute approximate surface area is 146 Å². The number of amides is 1. The first-order chi connectivity index (χ1) is 11.5.